The van der Waals surface area contributed by atoms with E-state index in [9.17, 15) is 0 Å². The van der Waals surface area contributed by atoms with Crippen LogP contribution in [0.1, 0.15) is 63.1 Å². The Labute approximate surface area is 126 Å². The lowest BCUT2D eigenvalue weighted by molar-refractivity contribution is 0.0322. The Bertz CT molecular complexity index is 429. The summed E-state index contributed by atoms with van der Waals surface area (Å²) >= 11 is 0. The number of nitrogens with zero attached hydrogens (tertiary/aromatic N) is 2. The van der Waals surface area contributed by atoms with Crippen molar-refractivity contribution in [2.45, 2.75) is 63.9 Å². The zero-order chi connectivity index (χ0) is 14.5. The highest BCUT2D eigenvalue weighted by atomic mass is 16.5. The molecule has 1 aromatic rings. The fraction of sp³-hybridized carbons (Fsp3) is 0.875. The molecule has 0 bridgehead atoms. The fourth-order valence-electron chi connectivity index (χ4n) is 3.49. The molecule has 1 saturated heterocycles. The molecule has 0 radical (unpaired) electrons. The summed E-state index contributed by atoms with van der Waals surface area (Å²) in [6.45, 7) is 5.09. The van der Waals surface area contributed by atoms with E-state index in [1.165, 1.54) is 25.7 Å². The van der Waals surface area contributed by atoms with Crippen molar-refractivity contribution in [2.24, 2.45) is 5.92 Å². The van der Waals surface area contributed by atoms with Gasteiger partial charge in [-0.2, -0.15) is 4.98 Å². The summed E-state index contributed by atoms with van der Waals surface area (Å²) < 4.78 is 11.3. The van der Waals surface area contributed by atoms with E-state index in [-0.39, 0.29) is 0 Å². The molecule has 5 nitrogen and oxygen atoms in total. The third kappa shape index (κ3) is 4.04. The van der Waals surface area contributed by atoms with Crippen LogP contribution in [0.15, 0.2) is 4.52 Å². The van der Waals surface area contributed by atoms with E-state index in [1.54, 1.807) is 0 Å². The van der Waals surface area contributed by atoms with Gasteiger partial charge in [0.05, 0.1) is 19.1 Å². The second kappa shape index (κ2) is 7.36. The molecule has 1 aliphatic carbocycles. The van der Waals surface area contributed by atoms with Gasteiger partial charge < -0.3 is 14.6 Å². The minimum atomic E-state index is 0.397. The quantitative estimate of drug-likeness (QED) is 0.874. The Hall–Kier alpha value is -0.940. The van der Waals surface area contributed by atoms with Crippen molar-refractivity contribution < 1.29 is 9.26 Å². The first-order valence-electron chi connectivity index (χ1n) is 8.50. The Morgan fingerprint density at radius 1 is 1.24 bits per heavy atom. The highest BCUT2D eigenvalue weighted by Gasteiger charge is 2.28. The molecule has 3 rings (SSSR count). The van der Waals surface area contributed by atoms with Crippen LogP contribution in [-0.4, -0.2) is 35.9 Å². The van der Waals surface area contributed by atoms with Crippen molar-refractivity contribution in [1.82, 2.24) is 15.5 Å². The van der Waals surface area contributed by atoms with Gasteiger partial charge in [0.2, 0.25) is 5.89 Å². The van der Waals surface area contributed by atoms with Crippen molar-refractivity contribution in [1.29, 1.82) is 0 Å². The molecule has 118 valence electrons. The molecule has 2 unspecified atom stereocenters. The molecular weight excluding hydrogens is 266 g/mol. The molecular formula is C16H27N3O2. The summed E-state index contributed by atoms with van der Waals surface area (Å²) in [6, 6.07) is 0. The molecule has 2 fully saturated rings. The standard InChI is InChI=1S/C16H27N3O2/c1-2-12-3-4-13(11-12)16-18-15(21-19-16)7-10-20-14-5-8-17-9-6-14/h12-14,17H,2-11H2,1H3. The third-order valence-electron chi connectivity index (χ3n) is 4.92. The number of rotatable bonds is 6. The van der Waals surface area contributed by atoms with Crippen molar-refractivity contribution in [2.75, 3.05) is 19.7 Å². The summed E-state index contributed by atoms with van der Waals surface area (Å²) in [5, 5.41) is 7.53. The van der Waals surface area contributed by atoms with Gasteiger partial charge in [-0.25, -0.2) is 0 Å². The van der Waals surface area contributed by atoms with Crippen LogP contribution >= 0.6 is 0 Å². The Morgan fingerprint density at radius 3 is 2.86 bits per heavy atom. The minimum Gasteiger partial charge on any atom is -0.378 e. The van der Waals surface area contributed by atoms with Crippen molar-refractivity contribution >= 4 is 0 Å². The van der Waals surface area contributed by atoms with Crippen LogP contribution in [0.5, 0.6) is 0 Å². The zero-order valence-electron chi connectivity index (χ0n) is 13.0. The first kappa shape index (κ1) is 15.0. The van der Waals surface area contributed by atoms with Gasteiger partial charge in [0.15, 0.2) is 5.82 Å². The molecule has 1 aliphatic heterocycles. The predicted octanol–water partition coefficient (Wildman–Crippen LogP) is 2.67. The second-order valence-electron chi connectivity index (χ2n) is 6.40. The maximum Gasteiger partial charge on any atom is 0.228 e. The number of ether oxygens (including phenoxy) is 1. The van der Waals surface area contributed by atoms with Crippen LogP contribution in [0.25, 0.3) is 0 Å². The average molecular weight is 293 g/mol. The van der Waals surface area contributed by atoms with Gasteiger partial charge in [-0.1, -0.05) is 18.5 Å². The summed E-state index contributed by atoms with van der Waals surface area (Å²) in [5.41, 5.74) is 0. The lowest BCUT2D eigenvalue weighted by Gasteiger charge is -2.22. The number of aromatic nitrogens is 2. The summed E-state index contributed by atoms with van der Waals surface area (Å²) in [7, 11) is 0. The highest BCUT2D eigenvalue weighted by molar-refractivity contribution is 4.99. The van der Waals surface area contributed by atoms with Crippen molar-refractivity contribution in [3.8, 4) is 0 Å². The normalized spacial score (nSPS) is 27.3. The van der Waals surface area contributed by atoms with Crippen LogP contribution in [0, 0.1) is 5.92 Å². The average Bonchev–Trinajstić information content (AvgIpc) is 3.17. The lowest BCUT2D eigenvalue weighted by Crippen LogP contribution is -2.32. The minimum absolute atomic E-state index is 0.397. The Balaban J connectivity index is 1.42. The maximum atomic E-state index is 5.89. The fourth-order valence-corrected chi connectivity index (χ4v) is 3.49. The predicted molar refractivity (Wildman–Crippen MR) is 80.2 cm³/mol. The molecule has 0 amide bonds. The van der Waals surface area contributed by atoms with Gasteiger partial charge in [-0.3, -0.25) is 0 Å². The van der Waals surface area contributed by atoms with Crippen LogP contribution in [0.2, 0.25) is 0 Å². The van der Waals surface area contributed by atoms with Gasteiger partial charge in [0.1, 0.15) is 0 Å². The van der Waals surface area contributed by atoms with E-state index in [1.807, 2.05) is 0 Å². The zero-order valence-corrected chi connectivity index (χ0v) is 13.0. The molecule has 0 aromatic carbocycles. The van der Waals surface area contributed by atoms with E-state index in [2.05, 4.69) is 22.4 Å². The molecule has 1 aromatic heterocycles. The first-order valence-corrected chi connectivity index (χ1v) is 8.50. The second-order valence-corrected chi connectivity index (χ2v) is 6.40. The summed E-state index contributed by atoms with van der Waals surface area (Å²) in [5.74, 6) is 3.01. The van der Waals surface area contributed by atoms with E-state index in [0.717, 1.165) is 50.0 Å². The summed E-state index contributed by atoms with van der Waals surface area (Å²) in [6.07, 6.45) is 8.36. The molecule has 2 atom stereocenters. The first-order chi connectivity index (χ1) is 10.3. The van der Waals surface area contributed by atoms with E-state index in [0.29, 0.717) is 18.6 Å². The molecule has 2 heterocycles. The number of nitrogens with one attached hydrogen (secondary N) is 1. The largest absolute Gasteiger partial charge is 0.378 e. The van der Waals surface area contributed by atoms with E-state index >= 15 is 0 Å². The van der Waals surface area contributed by atoms with Gasteiger partial charge >= 0.3 is 0 Å². The molecule has 0 spiro atoms. The molecule has 1 saturated carbocycles. The number of hydrogen-bond donors (Lipinski definition) is 1. The summed E-state index contributed by atoms with van der Waals surface area (Å²) in [4.78, 5) is 4.57. The van der Waals surface area contributed by atoms with Gasteiger partial charge in [-0.05, 0) is 51.1 Å². The van der Waals surface area contributed by atoms with Gasteiger partial charge in [0, 0.05) is 5.92 Å². The smallest absolute Gasteiger partial charge is 0.228 e. The van der Waals surface area contributed by atoms with Crippen molar-refractivity contribution in [3.05, 3.63) is 11.7 Å². The third-order valence-corrected chi connectivity index (χ3v) is 4.92. The number of piperidine rings is 1. The highest BCUT2D eigenvalue weighted by Crippen LogP contribution is 2.38. The van der Waals surface area contributed by atoms with E-state index in [4.69, 9.17) is 9.26 Å². The SMILES string of the molecule is CCC1CCC(c2noc(CCOC3CCNCC3)n2)C1. The Morgan fingerprint density at radius 2 is 2.10 bits per heavy atom. The number of hydrogen-bond acceptors (Lipinski definition) is 5. The molecule has 5 heteroatoms. The van der Waals surface area contributed by atoms with Crippen LogP contribution in [-0.2, 0) is 11.2 Å². The molecule has 1 N–H and O–H groups in total. The van der Waals surface area contributed by atoms with Crippen LogP contribution < -0.4 is 5.32 Å². The van der Waals surface area contributed by atoms with Gasteiger partial charge in [0.25, 0.3) is 0 Å². The maximum absolute atomic E-state index is 5.89. The lowest BCUT2D eigenvalue weighted by atomic mass is 10.0. The van der Waals surface area contributed by atoms with Crippen molar-refractivity contribution in [3.63, 3.8) is 0 Å². The molecule has 21 heavy (non-hydrogen) atoms. The van der Waals surface area contributed by atoms with Crippen LogP contribution in [0.4, 0.5) is 0 Å². The molecule has 2 aliphatic rings. The van der Waals surface area contributed by atoms with Crippen LogP contribution in [0.3, 0.4) is 0 Å². The monoisotopic (exact) mass is 293 g/mol. The van der Waals surface area contributed by atoms with E-state index < -0.39 is 0 Å². The topological polar surface area (TPSA) is 60.2 Å². The Kier molecular flexibility index (Phi) is 5.25. The van der Waals surface area contributed by atoms with Gasteiger partial charge in [-0.15, -0.1) is 0 Å².